The van der Waals surface area contributed by atoms with Crippen LogP contribution in [0.2, 0.25) is 0 Å². The Morgan fingerprint density at radius 2 is 1.89 bits per heavy atom. The zero-order valence-corrected chi connectivity index (χ0v) is 11.2. The summed E-state index contributed by atoms with van der Waals surface area (Å²) in [6.07, 6.45) is 7.20. The molecule has 96 valence electrons. The van der Waals surface area contributed by atoms with Gasteiger partial charge in [-0.15, -0.1) is 0 Å². The largest absolute Gasteiger partial charge is 0.458 e. The van der Waals surface area contributed by atoms with Crippen molar-refractivity contribution in [2.75, 3.05) is 0 Å². The van der Waals surface area contributed by atoms with E-state index in [9.17, 15) is 0 Å². The van der Waals surface area contributed by atoms with Crippen LogP contribution in [0.15, 0.2) is 54.3 Å². The Kier molecular flexibility index (Phi) is 3.87. The van der Waals surface area contributed by atoms with Gasteiger partial charge in [-0.25, -0.2) is 0 Å². The summed E-state index contributed by atoms with van der Waals surface area (Å²) in [6.45, 7) is 6.21. The SMILES string of the molecule is CC(C)OC1(C)C=CC(Oc2ccccc2)=CC1. The van der Waals surface area contributed by atoms with E-state index in [0.29, 0.717) is 0 Å². The highest BCUT2D eigenvalue weighted by Crippen LogP contribution is 2.27. The molecular formula is C16H20O2. The molecule has 1 atom stereocenters. The number of ether oxygens (including phenoxy) is 2. The van der Waals surface area contributed by atoms with Gasteiger partial charge in [0.25, 0.3) is 0 Å². The van der Waals surface area contributed by atoms with Crippen LogP contribution in [-0.2, 0) is 4.74 Å². The molecule has 0 bridgehead atoms. The summed E-state index contributed by atoms with van der Waals surface area (Å²) in [7, 11) is 0. The van der Waals surface area contributed by atoms with Gasteiger partial charge in [-0.3, -0.25) is 0 Å². The van der Waals surface area contributed by atoms with E-state index in [1.54, 1.807) is 0 Å². The van der Waals surface area contributed by atoms with E-state index in [1.807, 2.05) is 36.4 Å². The van der Waals surface area contributed by atoms with Crippen LogP contribution in [0, 0.1) is 0 Å². The molecule has 1 aliphatic carbocycles. The third kappa shape index (κ3) is 3.47. The number of allylic oxidation sites excluding steroid dienone is 1. The molecule has 0 saturated heterocycles. The van der Waals surface area contributed by atoms with E-state index < -0.39 is 0 Å². The van der Waals surface area contributed by atoms with Gasteiger partial charge in [-0.05, 0) is 51.1 Å². The van der Waals surface area contributed by atoms with E-state index >= 15 is 0 Å². The second-order valence-electron chi connectivity index (χ2n) is 5.04. The highest BCUT2D eigenvalue weighted by molar-refractivity contribution is 5.29. The molecule has 1 unspecified atom stereocenters. The van der Waals surface area contributed by atoms with Gasteiger partial charge in [0.15, 0.2) is 0 Å². The molecule has 0 heterocycles. The molecule has 2 heteroatoms. The maximum Gasteiger partial charge on any atom is 0.127 e. The van der Waals surface area contributed by atoms with E-state index in [-0.39, 0.29) is 11.7 Å². The first-order chi connectivity index (χ1) is 8.57. The fourth-order valence-electron chi connectivity index (χ4n) is 2.02. The van der Waals surface area contributed by atoms with Crippen LogP contribution in [0.4, 0.5) is 0 Å². The normalized spacial score (nSPS) is 23.0. The molecule has 18 heavy (non-hydrogen) atoms. The first-order valence-corrected chi connectivity index (χ1v) is 6.37. The fraction of sp³-hybridized carbons (Fsp3) is 0.375. The Bertz CT molecular complexity index is 445. The van der Waals surface area contributed by atoms with Gasteiger partial charge >= 0.3 is 0 Å². The Morgan fingerprint density at radius 3 is 2.44 bits per heavy atom. The smallest absolute Gasteiger partial charge is 0.127 e. The molecule has 2 nitrogen and oxygen atoms in total. The van der Waals surface area contributed by atoms with Crippen molar-refractivity contribution < 1.29 is 9.47 Å². The van der Waals surface area contributed by atoms with Gasteiger partial charge in [-0.1, -0.05) is 18.2 Å². The first kappa shape index (κ1) is 12.9. The average molecular weight is 244 g/mol. The van der Waals surface area contributed by atoms with Crippen LogP contribution in [0.5, 0.6) is 5.75 Å². The molecule has 0 spiro atoms. The molecule has 1 aromatic carbocycles. The lowest BCUT2D eigenvalue weighted by Gasteiger charge is -2.30. The van der Waals surface area contributed by atoms with E-state index in [4.69, 9.17) is 9.47 Å². The number of benzene rings is 1. The minimum Gasteiger partial charge on any atom is -0.458 e. The van der Waals surface area contributed by atoms with Crippen LogP contribution in [0.1, 0.15) is 27.2 Å². The summed E-state index contributed by atoms with van der Waals surface area (Å²) < 4.78 is 11.7. The van der Waals surface area contributed by atoms with E-state index in [0.717, 1.165) is 17.9 Å². The van der Waals surface area contributed by atoms with Crippen LogP contribution in [0.25, 0.3) is 0 Å². The highest BCUT2D eigenvalue weighted by Gasteiger charge is 2.25. The molecule has 0 saturated carbocycles. The summed E-state index contributed by atoms with van der Waals surface area (Å²) in [5.41, 5.74) is -0.211. The summed E-state index contributed by atoms with van der Waals surface area (Å²) >= 11 is 0. The summed E-state index contributed by atoms with van der Waals surface area (Å²) in [5.74, 6) is 1.74. The van der Waals surface area contributed by atoms with E-state index in [2.05, 4.69) is 32.9 Å². The molecule has 0 aliphatic heterocycles. The van der Waals surface area contributed by atoms with Gasteiger partial charge in [0.1, 0.15) is 11.5 Å². The Balaban J connectivity index is 1.98. The summed E-state index contributed by atoms with van der Waals surface area (Å²) in [4.78, 5) is 0. The molecule has 2 rings (SSSR count). The van der Waals surface area contributed by atoms with Gasteiger partial charge < -0.3 is 9.47 Å². The standard InChI is InChI=1S/C16H20O2/c1-13(2)18-16(3)11-9-15(10-12-16)17-14-7-5-4-6-8-14/h4-11,13H,12H2,1-3H3. The van der Waals surface area contributed by atoms with Crippen molar-refractivity contribution in [1.29, 1.82) is 0 Å². The maximum absolute atomic E-state index is 5.89. The average Bonchev–Trinajstić information content (AvgIpc) is 2.33. The van der Waals surface area contributed by atoms with Crippen molar-refractivity contribution in [3.8, 4) is 5.75 Å². The molecular weight excluding hydrogens is 224 g/mol. The van der Waals surface area contributed by atoms with Crippen LogP contribution in [-0.4, -0.2) is 11.7 Å². The number of hydrogen-bond donors (Lipinski definition) is 0. The predicted molar refractivity (Wildman–Crippen MR) is 73.5 cm³/mol. The second kappa shape index (κ2) is 5.40. The molecule has 0 amide bonds. The van der Waals surface area contributed by atoms with Crippen LogP contribution >= 0.6 is 0 Å². The maximum atomic E-state index is 5.89. The van der Waals surface area contributed by atoms with Gasteiger partial charge in [0.2, 0.25) is 0 Å². The van der Waals surface area contributed by atoms with Gasteiger partial charge in [-0.2, -0.15) is 0 Å². The third-order valence-electron chi connectivity index (χ3n) is 2.79. The topological polar surface area (TPSA) is 18.5 Å². The van der Waals surface area contributed by atoms with Crippen molar-refractivity contribution in [2.45, 2.75) is 38.9 Å². The number of rotatable bonds is 4. The highest BCUT2D eigenvalue weighted by atomic mass is 16.5. The van der Waals surface area contributed by atoms with E-state index in [1.165, 1.54) is 0 Å². The molecule has 0 radical (unpaired) electrons. The van der Waals surface area contributed by atoms with Crippen molar-refractivity contribution in [3.63, 3.8) is 0 Å². The van der Waals surface area contributed by atoms with Crippen molar-refractivity contribution in [2.24, 2.45) is 0 Å². The molecule has 0 aromatic heterocycles. The minimum absolute atomic E-state index is 0.211. The zero-order valence-electron chi connectivity index (χ0n) is 11.2. The lowest BCUT2D eigenvalue weighted by molar-refractivity contribution is -0.0343. The van der Waals surface area contributed by atoms with Crippen molar-refractivity contribution in [3.05, 3.63) is 54.3 Å². The lowest BCUT2D eigenvalue weighted by Crippen LogP contribution is -2.30. The predicted octanol–water partition coefficient (Wildman–Crippen LogP) is 4.09. The minimum atomic E-state index is -0.211. The fourth-order valence-corrected chi connectivity index (χ4v) is 2.02. The van der Waals surface area contributed by atoms with Gasteiger partial charge in [0, 0.05) is 6.42 Å². The quantitative estimate of drug-likeness (QED) is 0.794. The first-order valence-electron chi connectivity index (χ1n) is 6.37. The molecule has 1 aromatic rings. The number of hydrogen-bond acceptors (Lipinski definition) is 2. The van der Waals surface area contributed by atoms with Gasteiger partial charge in [0.05, 0.1) is 11.7 Å². The summed E-state index contributed by atoms with van der Waals surface area (Å²) in [6, 6.07) is 9.81. The third-order valence-corrected chi connectivity index (χ3v) is 2.79. The lowest BCUT2D eigenvalue weighted by atomic mass is 9.96. The monoisotopic (exact) mass is 244 g/mol. The van der Waals surface area contributed by atoms with Crippen LogP contribution in [0.3, 0.4) is 0 Å². The molecule has 1 aliphatic rings. The van der Waals surface area contributed by atoms with Crippen molar-refractivity contribution >= 4 is 0 Å². The summed E-state index contributed by atoms with van der Waals surface area (Å²) in [5, 5.41) is 0. The Labute approximate surface area is 109 Å². The molecule has 0 N–H and O–H groups in total. The Hall–Kier alpha value is -1.54. The Morgan fingerprint density at radius 1 is 1.17 bits per heavy atom. The van der Waals surface area contributed by atoms with Crippen LogP contribution < -0.4 is 4.74 Å². The zero-order chi connectivity index (χ0) is 13.0. The number of para-hydroxylation sites is 1. The second-order valence-corrected chi connectivity index (χ2v) is 5.04. The van der Waals surface area contributed by atoms with Crippen molar-refractivity contribution in [1.82, 2.24) is 0 Å². The molecule has 0 fully saturated rings.